The molecule has 4 aromatic carbocycles. The molecule has 3 aromatic heterocycles. The minimum Gasteiger partial charge on any atom is -0.394 e. The van der Waals surface area contributed by atoms with E-state index in [4.69, 9.17) is 14.2 Å². The third-order valence-electron chi connectivity index (χ3n) is 18.9. The first-order valence-electron chi connectivity index (χ1n) is 36.3. The molecule has 0 aliphatic carbocycles. The first kappa shape index (κ1) is 83.2. The summed E-state index contributed by atoms with van der Waals surface area (Å²) in [6, 6.07) is 30.5. The average Bonchev–Trinajstić information content (AvgIpc) is 1.74. The molecule has 111 heavy (non-hydrogen) atoms. The molecule has 36 nitrogen and oxygen atoms in total. The maximum atomic E-state index is 13.9. The molecule has 0 spiro atoms. The first-order valence-corrected chi connectivity index (χ1v) is 36.3. The average molecular weight is 1540 g/mol. The second-order valence-electron chi connectivity index (χ2n) is 27.0. The van der Waals surface area contributed by atoms with Crippen LogP contribution in [0.1, 0.15) is 103 Å². The molecule has 10 rings (SSSR count). The molecule has 3 saturated heterocycles. The van der Waals surface area contributed by atoms with Crippen molar-refractivity contribution in [3.05, 3.63) is 196 Å². The Labute approximate surface area is 636 Å². The van der Waals surface area contributed by atoms with E-state index in [1.54, 1.807) is 110 Å². The SMILES string of the molecule is O=C(/C=C(\C[C@@H]1O[C@H](CO)[C@H](O)[C@H](O)[C@H]1O)c1ccccc1)NCc1cn(CCCNC(=O)c2cc(C(=O)NCCCn3cc(CNC(=O)/C=C(\C[C@@H]4O[C@H](CO)[C@H](O)[C@H](O)[C@H]4O)c4ccccc4)nn3)cc(C(=O)NCCCn3cc(CNC(=O)/C=C(\C[C@@H]4O[C@H](CO)[C@H](O)[C@H](O)[C@H]4O)c4ccccc4)nn3)c2)nn1. The topological polar surface area (TPSA) is 537 Å². The molecule has 3 aliphatic rings. The number of aryl methyl sites for hydroxylation is 3. The van der Waals surface area contributed by atoms with Crippen LogP contribution in [0.2, 0.25) is 0 Å². The molecular formula is C75H93N15O21. The van der Waals surface area contributed by atoms with Gasteiger partial charge in [-0.05, 0) is 70.9 Å². The number of rotatable bonds is 36. The minimum absolute atomic E-state index is 0.00474. The van der Waals surface area contributed by atoms with Crippen LogP contribution in [0.3, 0.4) is 0 Å². The van der Waals surface area contributed by atoms with Crippen molar-refractivity contribution in [2.75, 3.05) is 39.5 Å². The highest BCUT2D eigenvalue weighted by molar-refractivity contribution is 6.04. The molecule has 18 N–H and O–H groups in total. The number of nitrogens with one attached hydrogen (secondary N) is 6. The first-order chi connectivity index (χ1) is 53.6. The van der Waals surface area contributed by atoms with Crippen LogP contribution in [0.4, 0.5) is 0 Å². The molecular weight excluding hydrogens is 1450 g/mol. The number of nitrogens with zero attached hydrogens (tertiary/aromatic N) is 9. The van der Waals surface area contributed by atoms with E-state index in [1.807, 2.05) is 0 Å². The van der Waals surface area contributed by atoms with Crippen LogP contribution in [0.25, 0.3) is 16.7 Å². The lowest BCUT2D eigenvalue weighted by molar-refractivity contribution is -0.227. The standard InChI is InChI=1S/C75H93N15O21/c91-40-58-67(100)70(103)64(97)55(109-58)28-46(43-13-4-1-5-14-43)31-61(94)79-34-52-37-88(85-82-52)22-10-19-76-73(106)49-25-50(74(107)77-20-11-23-89-38-53(83-86-89)35-80-62(95)32-47(44-15-6-2-7-16-44)29-56-65(98)71(104)68(101)59(41-92)110-56)27-51(26-49)75(108)78-21-12-24-90-39-54(84-87-90)36-81-63(96)33-48(45-17-8-3-9-18-45)30-57-66(99)72(105)69(102)60(42-93)111-57/h1-9,13-18,25-27,31-33,37-39,55-60,64-72,91-93,97-105H,10-12,19-24,28-30,34-36,40-42H2,(H,76,106)(H,77,107)(H,78,108)(H,79,94)(H,80,95)(H,81,96)/b46-31+,47-32+,48-33+/t55-,56-,57-,58+,59+,60+,64-,65-,66-,67-,68-,69-,70+,71+,72+/m0/s1. The summed E-state index contributed by atoms with van der Waals surface area (Å²) >= 11 is 0. The number of benzene rings is 4. The molecule has 0 saturated carbocycles. The third kappa shape index (κ3) is 23.2. The van der Waals surface area contributed by atoms with Crippen molar-refractivity contribution in [3.8, 4) is 0 Å². The number of carbonyl (C=O) groups excluding carboxylic acids is 6. The van der Waals surface area contributed by atoms with E-state index in [1.165, 1.54) is 50.5 Å². The van der Waals surface area contributed by atoms with E-state index in [0.29, 0.717) is 69.8 Å². The van der Waals surface area contributed by atoms with Gasteiger partial charge in [-0.3, -0.25) is 42.8 Å². The summed E-state index contributed by atoms with van der Waals surface area (Å²) in [5.41, 5.74) is 4.38. The summed E-state index contributed by atoms with van der Waals surface area (Å²) < 4.78 is 21.7. The van der Waals surface area contributed by atoms with Gasteiger partial charge in [0.1, 0.15) is 90.3 Å². The third-order valence-corrected chi connectivity index (χ3v) is 18.9. The van der Waals surface area contributed by atoms with Crippen LogP contribution in [0.15, 0.2) is 146 Å². The fraction of sp³-hybridized carbons (Fsp3) is 0.440. The van der Waals surface area contributed by atoms with Crippen molar-refractivity contribution in [2.45, 2.75) is 169 Å². The smallest absolute Gasteiger partial charge is 0.251 e. The fourth-order valence-electron chi connectivity index (χ4n) is 12.8. The summed E-state index contributed by atoms with van der Waals surface area (Å²) in [6.07, 6.45) is -10.9. The summed E-state index contributed by atoms with van der Waals surface area (Å²) in [4.78, 5) is 81.8. The van der Waals surface area contributed by atoms with Gasteiger partial charge >= 0.3 is 0 Å². The zero-order valence-electron chi connectivity index (χ0n) is 60.3. The van der Waals surface area contributed by atoms with Crippen molar-refractivity contribution in [1.29, 1.82) is 0 Å². The number of aromatic nitrogens is 9. The van der Waals surface area contributed by atoms with Gasteiger partial charge in [-0.2, -0.15) is 0 Å². The Morgan fingerprint density at radius 1 is 0.342 bits per heavy atom. The van der Waals surface area contributed by atoms with Gasteiger partial charge < -0.3 is 107 Å². The Hall–Kier alpha value is -10.3. The number of hydrogen-bond donors (Lipinski definition) is 18. The molecule has 15 atom stereocenters. The summed E-state index contributed by atoms with van der Waals surface area (Å²) in [7, 11) is 0. The highest BCUT2D eigenvalue weighted by atomic mass is 16.6. The normalized spacial score (nSPS) is 24.3. The number of hydrogen-bond acceptors (Lipinski definition) is 27. The minimum atomic E-state index is -1.60. The molecule has 36 heteroatoms. The lowest BCUT2D eigenvalue weighted by Crippen LogP contribution is -2.58. The monoisotopic (exact) mass is 1540 g/mol. The van der Waals surface area contributed by atoms with Crippen molar-refractivity contribution >= 4 is 52.2 Å². The Balaban J connectivity index is 0.729. The Morgan fingerprint density at radius 3 is 0.847 bits per heavy atom. The van der Waals surface area contributed by atoms with Gasteiger partial charge in [-0.1, -0.05) is 107 Å². The van der Waals surface area contributed by atoms with Crippen LogP contribution in [-0.4, -0.2) is 273 Å². The Morgan fingerprint density at radius 2 is 0.595 bits per heavy atom. The predicted molar refractivity (Wildman–Crippen MR) is 391 cm³/mol. The van der Waals surface area contributed by atoms with Gasteiger partial charge in [0.25, 0.3) is 17.7 Å². The number of ether oxygens (including phenoxy) is 3. The van der Waals surface area contributed by atoms with E-state index in [-0.39, 0.29) is 94.9 Å². The van der Waals surface area contributed by atoms with E-state index in [0.717, 1.165) is 0 Å². The summed E-state index contributed by atoms with van der Waals surface area (Å²) in [5, 5.41) is 165. The Bertz CT molecular complexity index is 3870. The molecule has 6 heterocycles. The number of carbonyl (C=O) groups is 6. The second-order valence-corrected chi connectivity index (χ2v) is 27.0. The van der Waals surface area contributed by atoms with Crippen LogP contribution < -0.4 is 31.9 Å². The van der Waals surface area contributed by atoms with Gasteiger partial charge in [0, 0.05) is 93.4 Å². The van der Waals surface area contributed by atoms with Crippen molar-refractivity contribution in [3.63, 3.8) is 0 Å². The fourth-order valence-corrected chi connectivity index (χ4v) is 12.8. The van der Waals surface area contributed by atoms with Crippen LogP contribution in [0, 0.1) is 0 Å². The van der Waals surface area contributed by atoms with Crippen LogP contribution in [0.5, 0.6) is 0 Å². The largest absolute Gasteiger partial charge is 0.394 e. The van der Waals surface area contributed by atoms with E-state index >= 15 is 0 Å². The highest BCUT2D eigenvalue weighted by Gasteiger charge is 2.46. The van der Waals surface area contributed by atoms with Gasteiger partial charge in [-0.25, -0.2) is 0 Å². The molecule has 3 fully saturated rings. The second kappa shape index (κ2) is 40.6. The molecule has 0 unspecified atom stereocenters. The van der Waals surface area contributed by atoms with Gasteiger partial charge in [0.05, 0.1) is 76.4 Å². The number of amides is 6. The van der Waals surface area contributed by atoms with Crippen LogP contribution in [-0.2, 0) is 67.9 Å². The summed E-state index contributed by atoms with van der Waals surface area (Å²) in [6.45, 7) is -0.789. The van der Waals surface area contributed by atoms with Crippen LogP contribution >= 0.6 is 0 Å². The summed E-state index contributed by atoms with van der Waals surface area (Å²) in [5.74, 6) is -3.38. The van der Waals surface area contributed by atoms with Crippen molar-refractivity contribution < 1.29 is 104 Å². The lowest BCUT2D eigenvalue weighted by atomic mass is 9.89. The lowest BCUT2D eigenvalue weighted by Gasteiger charge is -2.40. The molecule has 6 amide bonds. The van der Waals surface area contributed by atoms with E-state index < -0.39 is 147 Å². The maximum absolute atomic E-state index is 13.9. The zero-order valence-corrected chi connectivity index (χ0v) is 60.3. The maximum Gasteiger partial charge on any atom is 0.251 e. The van der Waals surface area contributed by atoms with Gasteiger partial charge in [0.15, 0.2) is 0 Å². The van der Waals surface area contributed by atoms with Crippen molar-refractivity contribution in [2.24, 2.45) is 0 Å². The molecule has 3 aliphatic heterocycles. The number of aliphatic hydroxyl groups excluding tert-OH is 12. The Kier molecular flexibility index (Phi) is 30.4. The molecule has 594 valence electrons. The van der Waals surface area contributed by atoms with Gasteiger partial charge in [0.2, 0.25) is 17.7 Å². The molecule has 0 radical (unpaired) electrons. The molecule has 0 bridgehead atoms. The molecule has 7 aromatic rings. The highest BCUT2D eigenvalue weighted by Crippen LogP contribution is 2.33. The van der Waals surface area contributed by atoms with Gasteiger partial charge in [-0.15, -0.1) is 15.3 Å². The number of aliphatic hydroxyl groups is 12. The van der Waals surface area contributed by atoms with Crippen molar-refractivity contribution in [1.82, 2.24) is 76.9 Å². The van der Waals surface area contributed by atoms with E-state index in [2.05, 4.69) is 62.8 Å². The predicted octanol–water partition coefficient (Wildman–Crippen LogP) is -3.28. The quantitative estimate of drug-likeness (QED) is 0.0135. The zero-order chi connectivity index (χ0) is 79.1. The van der Waals surface area contributed by atoms with E-state index in [9.17, 15) is 90.0 Å².